The number of anilines is 1. The van der Waals surface area contributed by atoms with Crippen LogP contribution in [0.2, 0.25) is 0 Å². The predicted molar refractivity (Wildman–Crippen MR) is 106 cm³/mol. The second kappa shape index (κ2) is 10.3. The number of unbranched alkanes of at least 4 members (excludes halogenated alkanes) is 1. The van der Waals surface area contributed by atoms with E-state index in [9.17, 15) is 4.55 Å². The molecule has 1 aliphatic carbocycles. The minimum Gasteiger partial charge on any atom is -0.598 e. The van der Waals surface area contributed by atoms with Crippen LogP contribution < -0.4 is 10.0 Å². The van der Waals surface area contributed by atoms with Crippen LogP contribution in [0.15, 0.2) is 24.3 Å². The van der Waals surface area contributed by atoms with Crippen molar-refractivity contribution >= 4 is 17.0 Å². The van der Waals surface area contributed by atoms with Crippen LogP contribution in [-0.4, -0.2) is 22.4 Å². The molecule has 1 aromatic rings. The summed E-state index contributed by atoms with van der Waals surface area (Å²) in [5.41, 5.74) is 2.67. The van der Waals surface area contributed by atoms with Gasteiger partial charge in [0.05, 0.1) is 6.04 Å². The first-order valence-electron chi connectivity index (χ1n) is 9.58. The number of rotatable bonds is 9. The Morgan fingerprint density at radius 2 is 1.79 bits per heavy atom. The van der Waals surface area contributed by atoms with Crippen molar-refractivity contribution < 1.29 is 4.55 Å². The SMILES string of the molecule is CCCCc1ccc(NCC2CCC(N[S+]([O-])C(C)C)CC2)cc1. The van der Waals surface area contributed by atoms with E-state index in [-0.39, 0.29) is 5.25 Å². The molecule has 0 bridgehead atoms. The second-order valence-corrected chi connectivity index (χ2v) is 9.14. The van der Waals surface area contributed by atoms with Gasteiger partial charge in [0.2, 0.25) is 0 Å². The van der Waals surface area contributed by atoms with Crippen LogP contribution in [0, 0.1) is 5.92 Å². The normalized spacial score (nSPS) is 22.5. The molecule has 0 amide bonds. The van der Waals surface area contributed by atoms with Gasteiger partial charge in [-0.25, -0.2) is 0 Å². The van der Waals surface area contributed by atoms with Crippen molar-refractivity contribution in [3.8, 4) is 0 Å². The number of hydrogen-bond acceptors (Lipinski definition) is 3. The number of aryl methyl sites for hydroxylation is 1. The Kier molecular flexibility index (Phi) is 8.43. The smallest absolute Gasteiger partial charge is 0.129 e. The van der Waals surface area contributed by atoms with E-state index in [4.69, 9.17) is 0 Å². The largest absolute Gasteiger partial charge is 0.598 e. The Bertz CT molecular complexity index is 455. The van der Waals surface area contributed by atoms with E-state index in [1.807, 2.05) is 13.8 Å². The first kappa shape index (κ1) is 19.6. The van der Waals surface area contributed by atoms with Crippen molar-refractivity contribution in [3.63, 3.8) is 0 Å². The molecule has 4 heteroatoms. The van der Waals surface area contributed by atoms with Gasteiger partial charge < -0.3 is 9.87 Å². The Balaban J connectivity index is 1.67. The maximum Gasteiger partial charge on any atom is 0.129 e. The van der Waals surface area contributed by atoms with E-state index in [0.717, 1.165) is 25.3 Å². The standard InChI is InChI=1S/C20H34N2OS/c1-4-5-6-17-7-11-19(12-8-17)21-15-18-9-13-20(14-10-18)22-24(23)16(2)3/h7-8,11-12,16,18,20-22H,4-6,9-10,13-15H2,1-3H3. The molecule has 1 saturated carbocycles. The topological polar surface area (TPSA) is 47.1 Å². The minimum atomic E-state index is -0.885. The molecule has 1 aromatic carbocycles. The quantitative estimate of drug-likeness (QED) is 0.637. The molecule has 3 nitrogen and oxygen atoms in total. The minimum absolute atomic E-state index is 0.199. The molecule has 24 heavy (non-hydrogen) atoms. The van der Waals surface area contributed by atoms with Gasteiger partial charge in [0.15, 0.2) is 0 Å². The molecule has 2 rings (SSSR count). The molecule has 136 valence electrons. The van der Waals surface area contributed by atoms with Crippen LogP contribution in [0.5, 0.6) is 0 Å². The van der Waals surface area contributed by atoms with Crippen molar-refractivity contribution in [2.24, 2.45) is 5.92 Å². The zero-order valence-corrected chi connectivity index (χ0v) is 16.3. The third kappa shape index (κ3) is 6.66. The van der Waals surface area contributed by atoms with Crippen molar-refractivity contribution in [2.45, 2.75) is 77.0 Å². The summed E-state index contributed by atoms with van der Waals surface area (Å²) in [6, 6.07) is 9.36. The van der Waals surface area contributed by atoms with Gasteiger partial charge in [-0.1, -0.05) is 25.5 Å². The Morgan fingerprint density at radius 1 is 1.12 bits per heavy atom. The average molecular weight is 351 g/mol. The summed E-state index contributed by atoms with van der Waals surface area (Å²) in [6.45, 7) is 7.30. The third-order valence-corrected chi connectivity index (χ3v) is 6.35. The van der Waals surface area contributed by atoms with Crippen LogP contribution >= 0.6 is 0 Å². The summed E-state index contributed by atoms with van der Waals surface area (Å²) in [5, 5.41) is 3.79. The van der Waals surface area contributed by atoms with Crippen molar-refractivity contribution in [2.75, 3.05) is 11.9 Å². The predicted octanol–water partition coefficient (Wildman–Crippen LogP) is 4.66. The maximum absolute atomic E-state index is 11.9. The van der Waals surface area contributed by atoms with Gasteiger partial charge in [-0.2, -0.15) is 0 Å². The monoisotopic (exact) mass is 350 g/mol. The van der Waals surface area contributed by atoms with Crippen molar-refractivity contribution in [1.29, 1.82) is 0 Å². The second-order valence-electron chi connectivity index (χ2n) is 7.36. The molecule has 2 N–H and O–H groups in total. The number of hydrogen-bond donors (Lipinski definition) is 2. The lowest BCUT2D eigenvalue weighted by molar-refractivity contribution is 0.323. The molecular formula is C20H34N2OS. The van der Waals surface area contributed by atoms with Crippen LogP contribution in [-0.2, 0) is 17.8 Å². The molecule has 0 aliphatic heterocycles. The van der Waals surface area contributed by atoms with Gasteiger partial charge in [0.1, 0.15) is 5.25 Å². The molecule has 0 spiro atoms. The van der Waals surface area contributed by atoms with E-state index in [0.29, 0.717) is 6.04 Å². The van der Waals surface area contributed by atoms with E-state index in [1.165, 1.54) is 43.4 Å². The van der Waals surface area contributed by atoms with E-state index in [2.05, 4.69) is 41.2 Å². The Morgan fingerprint density at radius 3 is 2.38 bits per heavy atom. The summed E-state index contributed by atoms with van der Waals surface area (Å²) >= 11 is -0.885. The van der Waals surface area contributed by atoms with Crippen molar-refractivity contribution in [1.82, 2.24) is 4.72 Å². The molecule has 0 aromatic heterocycles. The van der Waals surface area contributed by atoms with Crippen LogP contribution in [0.25, 0.3) is 0 Å². The lowest BCUT2D eigenvalue weighted by Gasteiger charge is -2.30. The molecule has 1 atom stereocenters. The zero-order chi connectivity index (χ0) is 17.4. The highest BCUT2D eigenvalue weighted by Gasteiger charge is 2.25. The van der Waals surface area contributed by atoms with Crippen LogP contribution in [0.3, 0.4) is 0 Å². The fraction of sp³-hybridized carbons (Fsp3) is 0.700. The highest BCUT2D eigenvalue weighted by Crippen LogP contribution is 2.25. The summed E-state index contributed by atoms with van der Waals surface area (Å²) in [4.78, 5) is 0. The molecule has 0 radical (unpaired) electrons. The number of nitrogens with one attached hydrogen (secondary N) is 2. The fourth-order valence-electron chi connectivity index (χ4n) is 3.22. The zero-order valence-electron chi connectivity index (χ0n) is 15.5. The summed E-state index contributed by atoms with van der Waals surface area (Å²) in [7, 11) is 0. The molecular weight excluding hydrogens is 316 g/mol. The van der Waals surface area contributed by atoms with Gasteiger partial charge in [-0.15, -0.1) is 4.72 Å². The molecule has 1 unspecified atom stereocenters. The first-order chi connectivity index (χ1) is 11.6. The first-order valence-corrected chi connectivity index (χ1v) is 10.8. The lowest BCUT2D eigenvalue weighted by Crippen LogP contribution is -2.41. The Labute approximate surface area is 151 Å². The van der Waals surface area contributed by atoms with Gasteiger partial charge in [0, 0.05) is 23.6 Å². The molecule has 0 heterocycles. The molecule has 1 fully saturated rings. The molecule has 0 saturated heterocycles. The molecule has 1 aliphatic rings. The van der Waals surface area contributed by atoms with Crippen LogP contribution in [0.4, 0.5) is 5.69 Å². The van der Waals surface area contributed by atoms with E-state index in [1.54, 1.807) is 0 Å². The van der Waals surface area contributed by atoms with Gasteiger partial charge in [-0.3, -0.25) is 0 Å². The highest BCUT2D eigenvalue weighted by atomic mass is 32.2. The lowest BCUT2D eigenvalue weighted by atomic mass is 9.86. The highest BCUT2D eigenvalue weighted by molar-refractivity contribution is 7.90. The van der Waals surface area contributed by atoms with E-state index >= 15 is 0 Å². The van der Waals surface area contributed by atoms with Crippen molar-refractivity contribution in [3.05, 3.63) is 29.8 Å². The van der Waals surface area contributed by atoms with Gasteiger partial charge >= 0.3 is 0 Å². The third-order valence-electron chi connectivity index (χ3n) is 4.93. The average Bonchev–Trinajstić information content (AvgIpc) is 2.60. The fourth-order valence-corrected chi connectivity index (χ4v) is 4.05. The van der Waals surface area contributed by atoms with Gasteiger partial charge in [0.25, 0.3) is 0 Å². The van der Waals surface area contributed by atoms with E-state index < -0.39 is 11.4 Å². The summed E-state index contributed by atoms with van der Waals surface area (Å²) in [6.07, 6.45) is 8.42. The van der Waals surface area contributed by atoms with Gasteiger partial charge in [-0.05, 0) is 76.0 Å². The maximum atomic E-state index is 11.9. The number of benzene rings is 1. The summed E-state index contributed by atoms with van der Waals surface area (Å²) < 4.78 is 15.2. The summed E-state index contributed by atoms with van der Waals surface area (Å²) in [5.74, 6) is 0.732. The Hall–Kier alpha value is -0.710. The van der Waals surface area contributed by atoms with Crippen LogP contribution in [0.1, 0.15) is 64.9 Å².